The standard InChI is InChI=1S/C20H13N5O8/c26-19(21-14-1-5-16(6-2-14)23(28)29)12-9-13(11-18(10-12)25(32)33)20(27)22-15-3-7-17(8-4-15)24(30)31/h1-11H,(H,21,26)(H,22,27). The van der Waals surface area contributed by atoms with E-state index in [2.05, 4.69) is 10.6 Å². The minimum atomic E-state index is -0.781. The second kappa shape index (κ2) is 9.30. The van der Waals surface area contributed by atoms with E-state index >= 15 is 0 Å². The molecule has 13 nitrogen and oxygen atoms in total. The molecule has 0 aliphatic carbocycles. The van der Waals surface area contributed by atoms with Crippen molar-refractivity contribution in [3.8, 4) is 0 Å². The molecule has 0 heterocycles. The van der Waals surface area contributed by atoms with Crippen molar-refractivity contribution in [2.24, 2.45) is 0 Å². The Balaban J connectivity index is 1.84. The molecular formula is C20H13N5O8. The molecule has 0 bridgehead atoms. The van der Waals surface area contributed by atoms with Gasteiger partial charge in [0.05, 0.1) is 14.8 Å². The number of carbonyl (C=O) groups is 2. The number of benzene rings is 3. The summed E-state index contributed by atoms with van der Waals surface area (Å²) in [4.78, 5) is 55.9. The van der Waals surface area contributed by atoms with Gasteiger partial charge in [-0.05, 0) is 30.3 Å². The number of nitrogens with one attached hydrogen (secondary N) is 2. The molecule has 3 aromatic carbocycles. The quantitative estimate of drug-likeness (QED) is 0.399. The van der Waals surface area contributed by atoms with Crippen LogP contribution < -0.4 is 10.6 Å². The van der Waals surface area contributed by atoms with Crippen molar-refractivity contribution in [3.63, 3.8) is 0 Å². The van der Waals surface area contributed by atoms with Crippen LogP contribution in [-0.2, 0) is 0 Å². The zero-order chi connectivity index (χ0) is 24.1. The highest BCUT2D eigenvalue weighted by atomic mass is 16.6. The summed E-state index contributed by atoms with van der Waals surface area (Å²) in [7, 11) is 0. The van der Waals surface area contributed by atoms with Gasteiger partial charge >= 0.3 is 0 Å². The average Bonchev–Trinajstić information content (AvgIpc) is 2.79. The SMILES string of the molecule is O=C(Nc1ccc([N+](=O)[O-])cc1)c1cc(C(=O)Nc2ccc([N+](=O)[O-])cc2)cc([N+](=O)[O-])c1. The van der Waals surface area contributed by atoms with Gasteiger partial charge in [0, 0.05) is 58.9 Å². The van der Waals surface area contributed by atoms with E-state index in [9.17, 15) is 39.9 Å². The Bertz CT molecular complexity index is 1180. The molecular weight excluding hydrogens is 438 g/mol. The number of carbonyl (C=O) groups excluding carboxylic acids is 2. The maximum absolute atomic E-state index is 12.6. The third kappa shape index (κ3) is 5.49. The lowest BCUT2D eigenvalue weighted by molar-refractivity contribution is -0.385. The predicted molar refractivity (Wildman–Crippen MR) is 115 cm³/mol. The third-order valence-electron chi connectivity index (χ3n) is 4.32. The molecule has 0 fully saturated rings. The summed E-state index contributed by atoms with van der Waals surface area (Å²) in [5, 5.41) is 37.6. The smallest absolute Gasteiger partial charge is 0.271 e. The molecule has 0 aliphatic heterocycles. The van der Waals surface area contributed by atoms with Gasteiger partial charge in [0.2, 0.25) is 0 Å². The van der Waals surface area contributed by atoms with Crippen molar-refractivity contribution in [3.05, 3.63) is 108 Å². The molecule has 0 aliphatic rings. The molecule has 0 radical (unpaired) electrons. The Morgan fingerprint density at radius 2 is 0.879 bits per heavy atom. The molecule has 166 valence electrons. The lowest BCUT2D eigenvalue weighted by Gasteiger charge is -2.09. The fourth-order valence-electron chi connectivity index (χ4n) is 2.72. The molecule has 0 aromatic heterocycles. The maximum Gasteiger partial charge on any atom is 0.271 e. The Morgan fingerprint density at radius 3 is 1.18 bits per heavy atom. The monoisotopic (exact) mass is 451 g/mol. The minimum Gasteiger partial charge on any atom is -0.322 e. The van der Waals surface area contributed by atoms with Crippen molar-refractivity contribution in [2.45, 2.75) is 0 Å². The number of amides is 2. The number of rotatable bonds is 7. The second-order valence-electron chi connectivity index (χ2n) is 6.54. The van der Waals surface area contributed by atoms with Gasteiger partial charge in [-0.1, -0.05) is 0 Å². The van der Waals surface area contributed by atoms with Crippen LogP contribution in [0.5, 0.6) is 0 Å². The van der Waals surface area contributed by atoms with Crippen molar-refractivity contribution >= 4 is 40.3 Å². The number of non-ortho nitro benzene ring substituents is 3. The van der Waals surface area contributed by atoms with Gasteiger partial charge in [-0.25, -0.2) is 0 Å². The normalized spacial score (nSPS) is 10.2. The van der Waals surface area contributed by atoms with Crippen LogP contribution in [0.25, 0.3) is 0 Å². The number of nitrogens with zero attached hydrogens (tertiary/aromatic N) is 3. The van der Waals surface area contributed by atoms with E-state index in [0.29, 0.717) is 0 Å². The molecule has 13 heteroatoms. The molecule has 0 unspecified atom stereocenters. The van der Waals surface area contributed by atoms with E-state index < -0.39 is 32.3 Å². The van der Waals surface area contributed by atoms with Gasteiger partial charge in [0.15, 0.2) is 0 Å². The molecule has 0 saturated carbocycles. The summed E-state index contributed by atoms with van der Waals surface area (Å²) in [6, 6.07) is 12.9. The van der Waals surface area contributed by atoms with Crippen molar-refractivity contribution in [2.75, 3.05) is 10.6 Å². The Kier molecular flexibility index (Phi) is 6.34. The Labute approximate surface area is 184 Å². The van der Waals surface area contributed by atoms with E-state index in [1.807, 2.05) is 0 Å². The summed E-state index contributed by atoms with van der Waals surface area (Å²) in [5.41, 5.74) is -0.877. The van der Waals surface area contributed by atoms with Gasteiger partial charge in [-0.3, -0.25) is 39.9 Å². The molecule has 0 atom stereocenters. The fraction of sp³-hybridized carbons (Fsp3) is 0. The van der Waals surface area contributed by atoms with Crippen LogP contribution in [-0.4, -0.2) is 26.6 Å². The van der Waals surface area contributed by atoms with Crippen LogP contribution in [0, 0.1) is 30.3 Å². The summed E-state index contributed by atoms with van der Waals surface area (Å²) in [5.74, 6) is -1.56. The molecule has 33 heavy (non-hydrogen) atoms. The number of hydrogen-bond acceptors (Lipinski definition) is 8. The van der Waals surface area contributed by atoms with E-state index in [1.54, 1.807) is 0 Å². The minimum absolute atomic E-state index is 0.187. The third-order valence-corrected chi connectivity index (χ3v) is 4.32. The van der Waals surface area contributed by atoms with Crippen LogP contribution in [0.15, 0.2) is 66.7 Å². The number of anilines is 2. The summed E-state index contributed by atoms with van der Waals surface area (Å²) in [6.07, 6.45) is 0. The van der Waals surface area contributed by atoms with Crippen LogP contribution in [0.1, 0.15) is 20.7 Å². The largest absolute Gasteiger partial charge is 0.322 e. The molecule has 3 aromatic rings. The fourth-order valence-corrected chi connectivity index (χ4v) is 2.72. The van der Waals surface area contributed by atoms with Crippen molar-refractivity contribution in [1.82, 2.24) is 0 Å². The average molecular weight is 451 g/mol. The summed E-state index contributed by atoms with van der Waals surface area (Å²) in [6.45, 7) is 0. The summed E-state index contributed by atoms with van der Waals surface area (Å²) >= 11 is 0. The van der Waals surface area contributed by atoms with E-state index in [0.717, 1.165) is 18.2 Å². The number of nitro groups is 3. The maximum atomic E-state index is 12.6. The lowest BCUT2D eigenvalue weighted by Crippen LogP contribution is -2.16. The van der Waals surface area contributed by atoms with Crippen LogP contribution >= 0.6 is 0 Å². The lowest BCUT2D eigenvalue weighted by atomic mass is 10.1. The predicted octanol–water partition coefficient (Wildman–Crippen LogP) is 3.92. The molecule has 2 N–H and O–H groups in total. The van der Waals surface area contributed by atoms with E-state index in [1.165, 1.54) is 48.5 Å². The highest BCUT2D eigenvalue weighted by Gasteiger charge is 2.19. The molecule has 0 spiro atoms. The van der Waals surface area contributed by atoms with Crippen LogP contribution in [0.4, 0.5) is 28.4 Å². The zero-order valence-electron chi connectivity index (χ0n) is 16.5. The first-order valence-electron chi connectivity index (χ1n) is 9.05. The molecule has 0 saturated heterocycles. The first-order chi connectivity index (χ1) is 15.6. The van der Waals surface area contributed by atoms with Crippen LogP contribution in [0.2, 0.25) is 0 Å². The first-order valence-corrected chi connectivity index (χ1v) is 9.05. The van der Waals surface area contributed by atoms with Crippen molar-refractivity contribution in [1.29, 1.82) is 0 Å². The highest BCUT2D eigenvalue weighted by Crippen LogP contribution is 2.22. The van der Waals surface area contributed by atoms with Gasteiger partial charge in [0.25, 0.3) is 28.9 Å². The first kappa shape index (κ1) is 22.5. The van der Waals surface area contributed by atoms with Crippen LogP contribution in [0.3, 0.4) is 0 Å². The van der Waals surface area contributed by atoms with Gasteiger partial charge < -0.3 is 10.6 Å². The number of hydrogen-bond donors (Lipinski definition) is 2. The van der Waals surface area contributed by atoms with Gasteiger partial charge in [-0.2, -0.15) is 0 Å². The van der Waals surface area contributed by atoms with Gasteiger partial charge in [0.1, 0.15) is 0 Å². The van der Waals surface area contributed by atoms with E-state index in [-0.39, 0.29) is 33.9 Å². The Hall–Kier alpha value is -5.20. The molecule has 3 rings (SSSR count). The summed E-state index contributed by atoms with van der Waals surface area (Å²) < 4.78 is 0. The van der Waals surface area contributed by atoms with Gasteiger partial charge in [-0.15, -0.1) is 0 Å². The molecule has 2 amide bonds. The topological polar surface area (TPSA) is 188 Å². The highest BCUT2D eigenvalue weighted by molar-refractivity contribution is 6.09. The number of nitro benzene ring substituents is 3. The van der Waals surface area contributed by atoms with Crippen molar-refractivity contribution < 1.29 is 24.4 Å². The second-order valence-corrected chi connectivity index (χ2v) is 6.54. The Morgan fingerprint density at radius 1 is 0.545 bits per heavy atom. The van der Waals surface area contributed by atoms with E-state index in [4.69, 9.17) is 0 Å². The zero-order valence-corrected chi connectivity index (χ0v) is 16.5.